The molecule has 146 valence electrons. The van der Waals surface area contributed by atoms with Crippen molar-refractivity contribution < 1.29 is 14.4 Å². The van der Waals surface area contributed by atoms with Gasteiger partial charge in [0.05, 0.1) is 6.54 Å². The highest BCUT2D eigenvalue weighted by Crippen LogP contribution is 2.31. The third kappa shape index (κ3) is 5.13. The van der Waals surface area contributed by atoms with E-state index in [0.29, 0.717) is 6.42 Å². The molecule has 6 nitrogen and oxygen atoms in total. The van der Waals surface area contributed by atoms with Gasteiger partial charge < -0.3 is 10.6 Å². The number of amides is 4. The molecule has 0 saturated carbocycles. The molecule has 0 aliphatic carbocycles. The molecule has 1 aliphatic heterocycles. The second-order valence-corrected chi connectivity index (χ2v) is 7.87. The van der Waals surface area contributed by atoms with Crippen LogP contribution < -0.4 is 10.6 Å². The minimum atomic E-state index is -0.387. The number of carbonyl (C=O) groups is 3. The lowest BCUT2D eigenvalue weighted by molar-refractivity contribution is -0.125. The van der Waals surface area contributed by atoms with Crippen molar-refractivity contribution in [2.24, 2.45) is 0 Å². The van der Waals surface area contributed by atoms with E-state index in [1.54, 1.807) is 11.8 Å². The lowest BCUT2D eigenvalue weighted by atomic mass is 10.2. The third-order valence-electron chi connectivity index (χ3n) is 4.42. The van der Waals surface area contributed by atoms with Crippen molar-refractivity contribution in [2.75, 3.05) is 18.4 Å². The van der Waals surface area contributed by atoms with Crippen LogP contribution in [0, 0.1) is 13.8 Å². The van der Waals surface area contributed by atoms with Crippen molar-refractivity contribution in [1.29, 1.82) is 0 Å². The summed E-state index contributed by atoms with van der Waals surface area (Å²) in [4.78, 5) is 38.5. The largest absolute Gasteiger partial charge is 0.329 e. The van der Waals surface area contributed by atoms with E-state index < -0.39 is 0 Å². The molecule has 7 heteroatoms. The maximum atomic E-state index is 12.1. The highest BCUT2D eigenvalue weighted by atomic mass is 32.2. The molecule has 2 aromatic rings. The van der Waals surface area contributed by atoms with Crippen molar-refractivity contribution in [2.45, 2.75) is 36.5 Å². The predicted octanol–water partition coefficient (Wildman–Crippen LogP) is 3.73. The molecule has 0 bridgehead atoms. The van der Waals surface area contributed by atoms with Crippen LogP contribution in [0.2, 0.25) is 0 Å². The first-order chi connectivity index (χ1) is 13.4. The summed E-state index contributed by atoms with van der Waals surface area (Å²) in [6.45, 7) is 4.47. The Hall–Kier alpha value is -2.80. The lowest BCUT2D eigenvalue weighted by Gasteiger charge is -2.12. The first kappa shape index (κ1) is 19.9. The van der Waals surface area contributed by atoms with Gasteiger partial charge in [0, 0.05) is 28.4 Å². The second kappa shape index (κ2) is 8.93. The number of rotatable bonds is 7. The van der Waals surface area contributed by atoms with Gasteiger partial charge in [-0.25, -0.2) is 4.79 Å². The van der Waals surface area contributed by atoms with Gasteiger partial charge in [-0.3, -0.25) is 14.5 Å². The van der Waals surface area contributed by atoms with Crippen LogP contribution in [-0.2, 0) is 9.59 Å². The number of carbonyl (C=O) groups excluding carboxylic acids is 3. The first-order valence-electron chi connectivity index (χ1n) is 9.15. The molecule has 0 radical (unpaired) electrons. The summed E-state index contributed by atoms with van der Waals surface area (Å²) < 4.78 is 0. The van der Waals surface area contributed by atoms with E-state index >= 15 is 0 Å². The average molecular weight is 398 g/mol. The molecule has 0 spiro atoms. The molecule has 2 N–H and O–H groups in total. The molecule has 28 heavy (non-hydrogen) atoms. The van der Waals surface area contributed by atoms with Gasteiger partial charge in [-0.1, -0.05) is 29.5 Å². The monoisotopic (exact) mass is 397 g/mol. The minimum absolute atomic E-state index is 0.0392. The average Bonchev–Trinajstić information content (AvgIpc) is 2.97. The van der Waals surface area contributed by atoms with E-state index in [9.17, 15) is 14.4 Å². The summed E-state index contributed by atoms with van der Waals surface area (Å²) in [6.07, 6.45) is 0.682. The van der Waals surface area contributed by atoms with Crippen molar-refractivity contribution >= 4 is 35.3 Å². The lowest BCUT2D eigenvalue weighted by Crippen LogP contribution is -2.32. The summed E-state index contributed by atoms with van der Waals surface area (Å²) >= 11 is 1.69. The highest BCUT2D eigenvalue weighted by Gasteiger charge is 2.27. The number of nitrogens with one attached hydrogen (secondary N) is 2. The highest BCUT2D eigenvalue weighted by molar-refractivity contribution is 7.99. The SMILES string of the molecule is Cc1ccc(Sc2ccc(NC(=O)CCCN3C(=O)CNC3=O)cc2)c(C)c1. The number of anilines is 1. The molecule has 1 fully saturated rings. The van der Waals surface area contributed by atoms with Gasteiger partial charge >= 0.3 is 6.03 Å². The quantitative estimate of drug-likeness (QED) is 0.698. The van der Waals surface area contributed by atoms with Crippen molar-refractivity contribution in [3.8, 4) is 0 Å². The van der Waals surface area contributed by atoms with E-state index in [1.165, 1.54) is 16.0 Å². The minimum Gasteiger partial charge on any atom is -0.329 e. The Morgan fingerprint density at radius 1 is 1.14 bits per heavy atom. The maximum absolute atomic E-state index is 12.1. The standard InChI is InChI=1S/C21H23N3O3S/c1-14-5-10-18(15(2)12-14)28-17-8-6-16(7-9-17)23-19(25)4-3-11-24-20(26)13-22-21(24)27/h5-10,12H,3-4,11,13H2,1-2H3,(H,22,27)(H,23,25). The van der Waals surface area contributed by atoms with Crippen LogP contribution in [0.4, 0.5) is 10.5 Å². The number of urea groups is 1. The summed E-state index contributed by atoms with van der Waals surface area (Å²) in [5, 5.41) is 5.31. The first-order valence-corrected chi connectivity index (χ1v) is 9.97. The maximum Gasteiger partial charge on any atom is 0.324 e. The molecule has 4 amide bonds. The van der Waals surface area contributed by atoms with E-state index in [1.807, 2.05) is 24.3 Å². The molecule has 1 heterocycles. The van der Waals surface area contributed by atoms with Crippen LogP contribution in [0.3, 0.4) is 0 Å². The number of nitrogens with zero attached hydrogens (tertiary/aromatic N) is 1. The van der Waals surface area contributed by atoms with Gasteiger partial charge in [-0.15, -0.1) is 0 Å². The van der Waals surface area contributed by atoms with Gasteiger partial charge in [-0.05, 0) is 56.2 Å². The normalized spacial score (nSPS) is 13.6. The van der Waals surface area contributed by atoms with Crippen LogP contribution in [0.25, 0.3) is 0 Å². The van der Waals surface area contributed by atoms with Crippen LogP contribution in [0.5, 0.6) is 0 Å². The van der Waals surface area contributed by atoms with E-state index in [4.69, 9.17) is 0 Å². The number of hydrogen-bond donors (Lipinski definition) is 2. The number of imide groups is 1. The summed E-state index contributed by atoms with van der Waals surface area (Å²) in [7, 11) is 0. The van der Waals surface area contributed by atoms with Gasteiger partial charge in [0.2, 0.25) is 11.8 Å². The topological polar surface area (TPSA) is 78.5 Å². The van der Waals surface area contributed by atoms with Gasteiger partial charge in [0.25, 0.3) is 0 Å². The molecule has 0 unspecified atom stereocenters. The molecular weight excluding hydrogens is 374 g/mol. The molecule has 2 aromatic carbocycles. The zero-order valence-corrected chi connectivity index (χ0v) is 16.8. The zero-order chi connectivity index (χ0) is 20.1. The number of aryl methyl sites for hydroxylation is 2. The Balaban J connectivity index is 1.47. The van der Waals surface area contributed by atoms with E-state index in [2.05, 4.69) is 42.7 Å². The zero-order valence-electron chi connectivity index (χ0n) is 16.0. The number of benzene rings is 2. The smallest absolute Gasteiger partial charge is 0.324 e. The third-order valence-corrected chi connectivity index (χ3v) is 5.60. The molecule has 1 aliphatic rings. The fraction of sp³-hybridized carbons (Fsp3) is 0.286. The van der Waals surface area contributed by atoms with Crippen molar-refractivity contribution in [3.05, 3.63) is 53.6 Å². The van der Waals surface area contributed by atoms with Crippen LogP contribution in [0.15, 0.2) is 52.3 Å². The molecule has 0 atom stereocenters. The van der Waals surface area contributed by atoms with Gasteiger partial charge in [-0.2, -0.15) is 0 Å². The number of hydrogen-bond acceptors (Lipinski definition) is 4. The van der Waals surface area contributed by atoms with Crippen molar-refractivity contribution in [3.63, 3.8) is 0 Å². The fourth-order valence-corrected chi connectivity index (χ4v) is 3.83. The van der Waals surface area contributed by atoms with Crippen molar-refractivity contribution in [1.82, 2.24) is 10.2 Å². The molecule has 3 rings (SSSR count). The van der Waals surface area contributed by atoms with Crippen LogP contribution >= 0.6 is 11.8 Å². The van der Waals surface area contributed by atoms with Crippen LogP contribution in [-0.4, -0.2) is 35.8 Å². The Bertz CT molecular complexity index is 880. The Morgan fingerprint density at radius 2 is 1.89 bits per heavy atom. The van der Waals surface area contributed by atoms with Gasteiger partial charge in [0.1, 0.15) is 0 Å². The van der Waals surface area contributed by atoms with E-state index in [-0.39, 0.29) is 37.4 Å². The Kier molecular flexibility index (Phi) is 6.36. The van der Waals surface area contributed by atoms with Gasteiger partial charge in [0.15, 0.2) is 0 Å². The fourth-order valence-electron chi connectivity index (χ4n) is 2.95. The molecular formula is C21H23N3O3S. The second-order valence-electron chi connectivity index (χ2n) is 6.75. The molecule has 0 aromatic heterocycles. The Labute approximate surface area is 168 Å². The summed E-state index contributed by atoms with van der Waals surface area (Å²) in [5.41, 5.74) is 3.21. The van der Waals surface area contributed by atoms with E-state index in [0.717, 1.165) is 15.5 Å². The summed E-state index contributed by atoms with van der Waals surface area (Å²) in [5.74, 6) is -0.385. The van der Waals surface area contributed by atoms with Crippen LogP contribution in [0.1, 0.15) is 24.0 Å². The molecule has 1 saturated heterocycles. The Morgan fingerprint density at radius 3 is 2.54 bits per heavy atom. The predicted molar refractivity (Wildman–Crippen MR) is 109 cm³/mol. The summed E-state index contributed by atoms with van der Waals surface area (Å²) in [6, 6.07) is 13.7.